The molecule has 2 rings (SSSR count). The zero-order valence-electron chi connectivity index (χ0n) is 22.9. The summed E-state index contributed by atoms with van der Waals surface area (Å²) in [6.07, 6.45) is 13.7. The van der Waals surface area contributed by atoms with Crippen molar-refractivity contribution in [3.63, 3.8) is 0 Å². The Bertz CT molecular complexity index is 894. The molecular weight excluding hydrogens is 487 g/mol. The van der Waals surface area contributed by atoms with Crippen LogP contribution in [0.25, 0.3) is 0 Å². The van der Waals surface area contributed by atoms with E-state index in [1.807, 2.05) is 12.4 Å². The summed E-state index contributed by atoms with van der Waals surface area (Å²) in [7, 11) is -1.18. The third-order valence-electron chi connectivity index (χ3n) is 7.54. The fourth-order valence-corrected chi connectivity index (χ4v) is 8.18. The van der Waals surface area contributed by atoms with Crippen molar-refractivity contribution in [2.24, 2.45) is 9.98 Å². The van der Waals surface area contributed by atoms with Crippen LogP contribution in [0.3, 0.4) is 0 Å². The van der Waals surface area contributed by atoms with E-state index in [9.17, 15) is 0 Å². The minimum Gasteiger partial charge on any atom is -0.255 e. The van der Waals surface area contributed by atoms with Gasteiger partial charge in [-0.15, -0.1) is 0 Å². The van der Waals surface area contributed by atoms with Gasteiger partial charge in [0, 0.05) is 28.9 Å². The maximum Gasteiger partial charge on any atom is 0.0633 e. The summed E-state index contributed by atoms with van der Waals surface area (Å²) in [5.74, 6) is 0. The number of hydrogen-bond donors (Lipinski definition) is 0. The summed E-state index contributed by atoms with van der Waals surface area (Å²) in [6, 6.07) is 20.9. The van der Waals surface area contributed by atoms with Gasteiger partial charge >= 0.3 is 0 Å². The van der Waals surface area contributed by atoms with Crippen molar-refractivity contribution in [3.8, 4) is 0 Å². The SMILES string of the molecule is CCCCCc1ccc(N=CC=Nc2cccc(C[Si](CC)(CC)CC)c2)cc1CCCCC.[Ni]. The van der Waals surface area contributed by atoms with Gasteiger partial charge in [0.2, 0.25) is 0 Å². The van der Waals surface area contributed by atoms with Gasteiger partial charge in [0.25, 0.3) is 0 Å². The van der Waals surface area contributed by atoms with Crippen molar-refractivity contribution >= 4 is 31.9 Å². The molecule has 0 bridgehead atoms. The van der Waals surface area contributed by atoms with Crippen molar-refractivity contribution in [2.75, 3.05) is 0 Å². The number of benzene rings is 2. The summed E-state index contributed by atoms with van der Waals surface area (Å²) in [5, 5.41) is 0. The number of rotatable bonds is 16. The first kappa shape index (κ1) is 31.5. The van der Waals surface area contributed by atoms with Crippen molar-refractivity contribution < 1.29 is 16.5 Å². The maximum absolute atomic E-state index is 4.70. The van der Waals surface area contributed by atoms with E-state index >= 15 is 0 Å². The molecule has 0 spiro atoms. The predicted molar refractivity (Wildman–Crippen MR) is 157 cm³/mol. The fourth-order valence-electron chi connectivity index (χ4n) is 4.84. The third kappa shape index (κ3) is 11.0. The molecule has 0 heterocycles. The summed E-state index contributed by atoms with van der Waals surface area (Å²) in [5.41, 5.74) is 6.51. The Balaban J connectivity index is 0.00000612. The predicted octanol–water partition coefficient (Wildman–Crippen LogP) is 9.84. The van der Waals surface area contributed by atoms with Crippen LogP contribution in [0, 0.1) is 0 Å². The van der Waals surface area contributed by atoms with Gasteiger partial charge in [0.05, 0.1) is 19.4 Å². The van der Waals surface area contributed by atoms with Crippen molar-refractivity contribution in [2.45, 2.75) is 110 Å². The normalized spacial score (nSPS) is 11.9. The van der Waals surface area contributed by atoms with Gasteiger partial charge in [-0.2, -0.15) is 0 Å². The molecule has 0 saturated heterocycles. The molecule has 196 valence electrons. The van der Waals surface area contributed by atoms with Crippen molar-refractivity contribution in [1.29, 1.82) is 0 Å². The molecule has 0 aliphatic carbocycles. The van der Waals surface area contributed by atoms with E-state index in [0.29, 0.717) is 0 Å². The molecule has 0 N–H and O–H groups in total. The molecule has 0 unspecified atom stereocenters. The van der Waals surface area contributed by atoms with Crippen LogP contribution in [0.4, 0.5) is 11.4 Å². The molecule has 0 aliphatic heterocycles. The topological polar surface area (TPSA) is 24.7 Å². The number of unbranched alkanes of at least 4 members (excludes halogenated alkanes) is 4. The monoisotopic (exact) mass is 534 g/mol. The Hall–Kier alpha value is -1.51. The van der Waals surface area contributed by atoms with E-state index in [2.05, 4.69) is 82.1 Å². The number of aliphatic imine (C=N–C) groups is 2. The number of hydrogen-bond acceptors (Lipinski definition) is 2. The Morgan fingerprint density at radius 3 is 1.80 bits per heavy atom. The van der Waals surface area contributed by atoms with E-state index < -0.39 is 8.07 Å². The summed E-state index contributed by atoms with van der Waals surface area (Å²) >= 11 is 0. The molecule has 0 amide bonds. The first-order chi connectivity index (χ1) is 16.6. The van der Waals surface area contributed by atoms with Crippen LogP contribution >= 0.6 is 0 Å². The Kier molecular flexibility index (Phi) is 16.1. The Morgan fingerprint density at radius 2 is 1.23 bits per heavy atom. The second-order valence-corrected chi connectivity index (χ2v) is 15.3. The van der Waals surface area contributed by atoms with Crippen LogP contribution < -0.4 is 0 Å². The molecule has 35 heavy (non-hydrogen) atoms. The van der Waals surface area contributed by atoms with Gasteiger partial charge in [-0.05, 0) is 72.7 Å². The molecule has 2 nitrogen and oxygen atoms in total. The maximum atomic E-state index is 4.70. The average Bonchev–Trinajstić information content (AvgIpc) is 2.87. The molecule has 0 aromatic heterocycles. The van der Waals surface area contributed by atoms with Crippen LogP contribution in [0.15, 0.2) is 52.4 Å². The van der Waals surface area contributed by atoms with E-state index in [0.717, 1.165) is 17.8 Å². The summed E-state index contributed by atoms with van der Waals surface area (Å²) < 4.78 is 0. The third-order valence-corrected chi connectivity index (χ3v) is 13.2. The van der Waals surface area contributed by atoms with Gasteiger partial charge < -0.3 is 0 Å². The average molecular weight is 536 g/mol. The molecule has 0 radical (unpaired) electrons. The molecular formula is C31H48N2NiSi. The fraction of sp³-hybridized carbons (Fsp3) is 0.548. The van der Waals surface area contributed by atoms with Gasteiger partial charge in [-0.25, -0.2) is 0 Å². The van der Waals surface area contributed by atoms with Gasteiger partial charge in [-0.1, -0.05) is 96.6 Å². The van der Waals surface area contributed by atoms with Crippen LogP contribution in [0.1, 0.15) is 89.8 Å². The molecule has 2 aromatic rings. The molecule has 0 atom stereocenters. The molecule has 4 heteroatoms. The molecule has 0 aliphatic rings. The van der Waals surface area contributed by atoms with Crippen molar-refractivity contribution in [3.05, 3.63) is 59.2 Å². The number of aryl methyl sites for hydroxylation is 2. The smallest absolute Gasteiger partial charge is 0.0633 e. The molecule has 0 saturated carbocycles. The van der Waals surface area contributed by atoms with Gasteiger partial charge in [0.1, 0.15) is 0 Å². The quantitative estimate of drug-likeness (QED) is 0.116. The van der Waals surface area contributed by atoms with Crippen LogP contribution in [-0.2, 0) is 35.4 Å². The van der Waals surface area contributed by atoms with Crippen LogP contribution in [-0.4, -0.2) is 20.5 Å². The Morgan fingerprint density at radius 1 is 0.657 bits per heavy atom. The standard InChI is InChI=1S/C31H48N2Si.Ni/c1-6-11-13-17-28-20-21-31(25-29(28)18-14-12-7-2)33-23-22-32-30-19-15-16-27(24-30)26-34(8-3,9-4)10-5;/h15-16,19-25H,6-14,17-18,26H2,1-5H3;. The second kappa shape index (κ2) is 17.8. The van der Waals surface area contributed by atoms with Crippen LogP contribution in [0.2, 0.25) is 18.1 Å². The Labute approximate surface area is 227 Å². The van der Waals surface area contributed by atoms with Crippen LogP contribution in [0.5, 0.6) is 0 Å². The summed E-state index contributed by atoms with van der Waals surface area (Å²) in [6.45, 7) is 11.7. The minimum absolute atomic E-state index is 0. The zero-order valence-corrected chi connectivity index (χ0v) is 24.9. The van der Waals surface area contributed by atoms with Gasteiger partial charge in [0.15, 0.2) is 0 Å². The van der Waals surface area contributed by atoms with Gasteiger partial charge in [-0.3, -0.25) is 9.98 Å². The largest absolute Gasteiger partial charge is 0.255 e. The summed E-state index contributed by atoms with van der Waals surface area (Å²) in [4.78, 5) is 9.38. The first-order valence-electron chi connectivity index (χ1n) is 13.9. The second-order valence-electron chi connectivity index (χ2n) is 9.83. The van der Waals surface area contributed by atoms with E-state index in [1.165, 1.54) is 85.8 Å². The molecule has 2 aromatic carbocycles. The van der Waals surface area contributed by atoms with E-state index in [-0.39, 0.29) is 16.5 Å². The van der Waals surface area contributed by atoms with E-state index in [1.54, 1.807) is 0 Å². The minimum atomic E-state index is -1.18. The number of nitrogens with zero attached hydrogens (tertiary/aromatic N) is 2. The van der Waals surface area contributed by atoms with Crippen molar-refractivity contribution in [1.82, 2.24) is 0 Å². The molecule has 0 fully saturated rings. The van der Waals surface area contributed by atoms with E-state index in [4.69, 9.17) is 4.99 Å². The zero-order chi connectivity index (χ0) is 24.7. The first-order valence-corrected chi connectivity index (χ1v) is 16.7.